The Kier molecular flexibility index (Phi) is 3.60. The third-order valence-corrected chi connectivity index (χ3v) is 3.70. The van der Waals surface area contributed by atoms with E-state index in [1.54, 1.807) is 0 Å². The second kappa shape index (κ2) is 5.53. The van der Waals surface area contributed by atoms with Crippen LogP contribution in [0.2, 0.25) is 0 Å². The molecular formula is C15H21N3. The molecule has 3 heteroatoms. The van der Waals surface area contributed by atoms with Gasteiger partial charge in [0.2, 0.25) is 0 Å². The first-order valence-electron chi connectivity index (χ1n) is 7.02. The lowest BCUT2D eigenvalue weighted by molar-refractivity contribution is 0.331. The summed E-state index contributed by atoms with van der Waals surface area (Å²) in [6, 6.07) is 8.82. The minimum atomic E-state index is 0.957. The average Bonchev–Trinajstić information content (AvgIpc) is 2.93. The fraction of sp³-hybridized carbons (Fsp3) is 0.533. The molecule has 1 aromatic carbocycles. The lowest BCUT2D eigenvalue weighted by atomic mass is 10.1. The normalized spacial score (nSPS) is 20.6. The number of nitrogens with one attached hydrogen (secondary N) is 1. The number of hydrogen-bond acceptors (Lipinski definition) is 3. The van der Waals surface area contributed by atoms with E-state index in [1.165, 1.54) is 37.1 Å². The number of nitrogens with zero attached hydrogens (tertiary/aromatic N) is 2. The molecule has 1 aromatic rings. The van der Waals surface area contributed by atoms with Crippen molar-refractivity contribution in [1.29, 1.82) is 0 Å². The van der Waals surface area contributed by atoms with Crippen molar-refractivity contribution in [2.45, 2.75) is 25.8 Å². The second-order valence-corrected chi connectivity index (χ2v) is 5.19. The molecule has 0 aliphatic carbocycles. The van der Waals surface area contributed by atoms with Gasteiger partial charge in [0.15, 0.2) is 0 Å². The minimum absolute atomic E-state index is 0.957. The third kappa shape index (κ3) is 2.72. The van der Waals surface area contributed by atoms with Crippen molar-refractivity contribution in [2.75, 3.05) is 26.2 Å². The van der Waals surface area contributed by atoms with E-state index < -0.39 is 0 Å². The standard InChI is InChI=1S/C15H21N3/c1-2-10-18(9-1)12-13-5-3-6-14(11-13)15-16-7-4-8-17-15/h3,5-6,11H,1-2,4,7-10,12H2,(H,16,17). The Morgan fingerprint density at radius 1 is 1.17 bits per heavy atom. The maximum absolute atomic E-state index is 4.56. The van der Waals surface area contributed by atoms with E-state index in [2.05, 4.69) is 39.5 Å². The van der Waals surface area contributed by atoms with Crippen molar-refractivity contribution in [2.24, 2.45) is 4.99 Å². The molecule has 0 unspecified atom stereocenters. The van der Waals surface area contributed by atoms with Crippen molar-refractivity contribution in [3.05, 3.63) is 35.4 Å². The van der Waals surface area contributed by atoms with Crippen LogP contribution in [0.3, 0.4) is 0 Å². The van der Waals surface area contributed by atoms with Gasteiger partial charge in [0.1, 0.15) is 5.84 Å². The topological polar surface area (TPSA) is 27.6 Å². The summed E-state index contributed by atoms with van der Waals surface area (Å²) in [7, 11) is 0. The Morgan fingerprint density at radius 3 is 2.83 bits per heavy atom. The Labute approximate surface area is 109 Å². The van der Waals surface area contributed by atoms with Crippen LogP contribution in [0.4, 0.5) is 0 Å². The van der Waals surface area contributed by atoms with Crippen molar-refractivity contribution in [1.82, 2.24) is 10.2 Å². The zero-order chi connectivity index (χ0) is 12.2. The van der Waals surface area contributed by atoms with Crippen molar-refractivity contribution >= 4 is 5.84 Å². The van der Waals surface area contributed by atoms with Crippen LogP contribution in [0, 0.1) is 0 Å². The van der Waals surface area contributed by atoms with Gasteiger partial charge in [-0.25, -0.2) is 0 Å². The molecule has 0 spiro atoms. The molecule has 96 valence electrons. The van der Waals surface area contributed by atoms with E-state index >= 15 is 0 Å². The monoisotopic (exact) mass is 243 g/mol. The van der Waals surface area contributed by atoms with Crippen molar-refractivity contribution in [3.8, 4) is 0 Å². The lowest BCUT2D eigenvalue weighted by Gasteiger charge is -2.17. The van der Waals surface area contributed by atoms with E-state index in [4.69, 9.17) is 0 Å². The second-order valence-electron chi connectivity index (χ2n) is 5.19. The highest BCUT2D eigenvalue weighted by atomic mass is 15.1. The molecular weight excluding hydrogens is 222 g/mol. The smallest absolute Gasteiger partial charge is 0.128 e. The Hall–Kier alpha value is -1.35. The fourth-order valence-electron chi connectivity index (χ4n) is 2.74. The summed E-state index contributed by atoms with van der Waals surface area (Å²) in [5, 5.41) is 3.39. The van der Waals surface area contributed by atoms with Crippen LogP contribution in [0.15, 0.2) is 29.3 Å². The summed E-state index contributed by atoms with van der Waals surface area (Å²) in [5.41, 5.74) is 2.65. The molecule has 0 aromatic heterocycles. The van der Waals surface area contributed by atoms with Crippen LogP contribution in [0.5, 0.6) is 0 Å². The van der Waals surface area contributed by atoms with Gasteiger partial charge in [0.25, 0.3) is 0 Å². The molecule has 3 nitrogen and oxygen atoms in total. The van der Waals surface area contributed by atoms with Crippen LogP contribution in [0.1, 0.15) is 30.4 Å². The van der Waals surface area contributed by atoms with Crippen molar-refractivity contribution in [3.63, 3.8) is 0 Å². The molecule has 0 amide bonds. The molecule has 0 atom stereocenters. The number of likely N-dealkylation sites (tertiary alicyclic amines) is 1. The minimum Gasteiger partial charge on any atom is -0.370 e. The number of rotatable bonds is 3. The highest BCUT2D eigenvalue weighted by Gasteiger charge is 2.13. The number of amidine groups is 1. The maximum Gasteiger partial charge on any atom is 0.128 e. The summed E-state index contributed by atoms with van der Waals surface area (Å²) in [6.45, 7) is 5.60. The van der Waals surface area contributed by atoms with Gasteiger partial charge >= 0.3 is 0 Å². The first kappa shape index (κ1) is 11.7. The van der Waals surface area contributed by atoms with E-state index in [1.807, 2.05) is 0 Å². The lowest BCUT2D eigenvalue weighted by Crippen LogP contribution is -2.30. The quantitative estimate of drug-likeness (QED) is 0.879. The SMILES string of the molecule is c1cc(CN2CCCC2)cc(C2=NCCCN2)c1. The maximum atomic E-state index is 4.56. The van der Waals surface area contributed by atoms with Gasteiger partial charge in [-0.05, 0) is 44.0 Å². The molecule has 0 bridgehead atoms. The molecule has 3 rings (SSSR count). The summed E-state index contributed by atoms with van der Waals surface area (Å²) in [6.07, 6.45) is 3.86. The molecule has 2 aliphatic rings. The molecule has 1 fully saturated rings. The third-order valence-electron chi connectivity index (χ3n) is 3.70. The Bertz CT molecular complexity index is 433. The van der Waals surface area contributed by atoms with Crippen LogP contribution in [0.25, 0.3) is 0 Å². The predicted molar refractivity (Wildman–Crippen MR) is 75.0 cm³/mol. The zero-order valence-corrected chi connectivity index (χ0v) is 10.9. The van der Waals surface area contributed by atoms with E-state index in [-0.39, 0.29) is 0 Å². The summed E-state index contributed by atoms with van der Waals surface area (Å²) in [5.74, 6) is 1.07. The highest BCUT2D eigenvalue weighted by molar-refractivity contribution is 5.99. The number of aliphatic imine (C=N–C) groups is 1. The summed E-state index contributed by atoms with van der Waals surface area (Å²) >= 11 is 0. The molecule has 2 heterocycles. The Balaban J connectivity index is 1.73. The van der Waals surface area contributed by atoms with Gasteiger partial charge in [0, 0.05) is 25.2 Å². The van der Waals surface area contributed by atoms with E-state index in [0.29, 0.717) is 0 Å². The van der Waals surface area contributed by atoms with Gasteiger partial charge in [-0.15, -0.1) is 0 Å². The molecule has 1 N–H and O–H groups in total. The number of benzene rings is 1. The van der Waals surface area contributed by atoms with Crippen LogP contribution < -0.4 is 5.32 Å². The van der Waals surface area contributed by atoms with Gasteiger partial charge in [0.05, 0.1) is 0 Å². The largest absolute Gasteiger partial charge is 0.370 e. The van der Waals surface area contributed by atoms with Gasteiger partial charge in [-0.3, -0.25) is 9.89 Å². The zero-order valence-electron chi connectivity index (χ0n) is 10.9. The first-order valence-corrected chi connectivity index (χ1v) is 7.02. The van der Waals surface area contributed by atoms with Crippen LogP contribution >= 0.6 is 0 Å². The summed E-state index contributed by atoms with van der Waals surface area (Å²) in [4.78, 5) is 7.10. The van der Waals surface area contributed by atoms with Crippen LogP contribution in [-0.4, -0.2) is 36.9 Å². The van der Waals surface area contributed by atoms with Gasteiger partial charge < -0.3 is 5.32 Å². The molecule has 0 radical (unpaired) electrons. The molecule has 0 saturated carbocycles. The predicted octanol–water partition coefficient (Wildman–Crippen LogP) is 2.02. The Morgan fingerprint density at radius 2 is 2.06 bits per heavy atom. The van der Waals surface area contributed by atoms with Gasteiger partial charge in [-0.2, -0.15) is 0 Å². The first-order chi connectivity index (χ1) is 8.92. The van der Waals surface area contributed by atoms with E-state index in [0.717, 1.165) is 31.9 Å². The summed E-state index contributed by atoms with van der Waals surface area (Å²) < 4.78 is 0. The fourth-order valence-corrected chi connectivity index (χ4v) is 2.74. The highest BCUT2D eigenvalue weighted by Crippen LogP contribution is 2.14. The van der Waals surface area contributed by atoms with E-state index in [9.17, 15) is 0 Å². The molecule has 18 heavy (non-hydrogen) atoms. The molecule has 2 aliphatic heterocycles. The van der Waals surface area contributed by atoms with Crippen molar-refractivity contribution < 1.29 is 0 Å². The number of hydrogen-bond donors (Lipinski definition) is 1. The average molecular weight is 243 g/mol. The van der Waals surface area contributed by atoms with Gasteiger partial charge in [-0.1, -0.05) is 18.2 Å². The molecule has 1 saturated heterocycles. The van der Waals surface area contributed by atoms with Crippen LogP contribution in [-0.2, 0) is 6.54 Å².